The summed E-state index contributed by atoms with van der Waals surface area (Å²) in [4.78, 5) is 34.6. The quantitative estimate of drug-likeness (QED) is 0.405. The van der Waals surface area contributed by atoms with Crippen LogP contribution in [0.25, 0.3) is 10.9 Å². The van der Waals surface area contributed by atoms with Gasteiger partial charge in [0.2, 0.25) is 0 Å². The average molecular weight is 491 g/mol. The van der Waals surface area contributed by atoms with Gasteiger partial charge in [-0.3, -0.25) is 14.3 Å². The second-order valence-electron chi connectivity index (χ2n) is 8.56. The van der Waals surface area contributed by atoms with E-state index in [2.05, 4.69) is 14.7 Å². The van der Waals surface area contributed by atoms with E-state index in [9.17, 15) is 18.0 Å². The van der Waals surface area contributed by atoms with Gasteiger partial charge >= 0.3 is 0 Å². The molecular formula is C26H26N4O4S. The molecule has 0 aliphatic carbocycles. The van der Waals surface area contributed by atoms with E-state index in [1.54, 1.807) is 42.5 Å². The Balaban J connectivity index is 1.61. The number of benzene rings is 3. The van der Waals surface area contributed by atoms with Gasteiger partial charge in [0.1, 0.15) is 5.82 Å². The van der Waals surface area contributed by atoms with Crippen LogP contribution in [0.3, 0.4) is 0 Å². The predicted molar refractivity (Wildman–Crippen MR) is 136 cm³/mol. The van der Waals surface area contributed by atoms with Crippen molar-refractivity contribution in [3.63, 3.8) is 0 Å². The number of hydrogen-bond donors (Lipinski definition) is 2. The molecule has 180 valence electrons. The maximum atomic E-state index is 13.4. The summed E-state index contributed by atoms with van der Waals surface area (Å²) in [6.07, 6.45) is 0. The Morgan fingerprint density at radius 3 is 2.46 bits per heavy atom. The van der Waals surface area contributed by atoms with Crippen LogP contribution in [-0.2, 0) is 16.6 Å². The number of carbonyl (C=O) groups excluding carboxylic acids is 1. The molecule has 3 aromatic carbocycles. The molecule has 1 amide bonds. The average Bonchev–Trinajstić information content (AvgIpc) is 2.83. The maximum absolute atomic E-state index is 13.4. The number of aromatic nitrogens is 2. The lowest BCUT2D eigenvalue weighted by atomic mass is 10.1. The number of para-hydroxylation sites is 1. The lowest BCUT2D eigenvalue weighted by Gasteiger charge is -2.26. The number of fused-ring (bicyclic) bond motifs is 1. The van der Waals surface area contributed by atoms with Crippen molar-refractivity contribution in [3.05, 3.63) is 100 Å². The molecule has 35 heavy (non-hydrogen) atoms. The largest absolute Gasteiger partial charge is 0.329 e. The minimum absolute atomic E-state index is 0.0233. The number of nitrogens with zero attached hydrogens (tertiary/aromatic N) is 2. The van der Waals surface area contributed by atoms with Crippen LogP contribution in [0.2, 0.25) is 0 Å². The number of hydrogen-bond acceptors (Lipinski definition) is 5. The first-order valence-electron chi connectivity index (χ1n) is 11.1. The van der Waals surface area contributed by atoms with Crippen molar-refractivity contribution in [3.8, 4) is 0 Å². The van der Waals surface area contributed by atoms with Crippen molar-refractivity contribution < 1.29 is 13.2 Å². The number of aromatic amines is 1. The van der Waals surface area contributed by atoms with Crippen LogP contribution in [0.5, 0.6) is 0 Å². The fourth-order valence-corrected chi connectivity index (χ4v) is 4.76. The highest BCUT2D eigenvalue weighted by atomic mass is 32.2. The normalized spacial score (nSPS) is 11.5. The van der Waals surface area contributed by atoms with Crippen LogP contribution in [0.15, 0.2) is 82.5 Å². The Bertz CT molecular complexity index is 1540. The van der Waals surface area contributed by atoms with Crippen LogP contribution in [0.1, 0.15) is 35.6 Å². The molecule has 0 unspecified atom stereocenters. The molecule has 0 saturated carbocycles. The van der Waals surface area contributed by atoms with Crippen LogP contribution in [0.4, 0.5) is 5.69 Å². The van der Waals surface area contributed by atoms with Crippen molar-refractivity contribution in [1.29, 1.82) is 0 Å². The monoisotopic (exact) mass is 490 g/mol. The third-order valence-electron chi connectivity index (χ3n) is 5.56. The fraction of sp³-hybridized carbons (Fsp3) is 0.192. The minimum Gasteiger partial charge on any atom is -0.329 e. The van der Waals surface area contributed by atoms with Crippen LogP contribution < -0.4 is 10.3 Å². The summed E-state index contributed by atoms with van der Waals surface area (Å²) in [7, 11) is -3.90. The molecule has 0 spiro atoms. The van der Waals surface area contributed by atoms with Gasteiger partial charge in [-0.15, -0.1) is 0 Å². The molecule has 8 nitrogen and oxygen atoms in total. The topological polar surface area (TPSA) is 112 Å². The Morgan fingerprint density at radius 2 is 1.74 bits per heavy atom. The third kappa shape index (κ3) is 5.41. The van der Waals surface area contributed by atoms with Crippen molar-refractivity contribution >= 4 is 32.5 Å². The molecule has 4 rings (SSSR count). The van der Waals surface area contributed by atoms with Gasteiger partial charge in [-0.2, -0.15) is 0 Å². The molecule has 1 aromatic heterocycles. The van der Waals surface area contributed by atoms with E-state index in [0.29, 0.717) is 22.4 Å². The Hall–Kier alpha value is -3.98. The fourth-order valence-electron chi connectivity index (χ4n) is 3.66. The zero-order chi connectivity index (χ0) is 25.2. The molecule has 1 heterocycles. The summed E-state index contributed by atoms with van der Waals surface area (Å²) in [6.45, 7) is 5.67. The highest BCUT2D eigenvalue weighted by Gasteiger charge is 2.23. The van der Waals surface area contributed by atoms with Gasteiger partial charge in [-0.1, -0.05) is 35.9 Å². The molecule has 0 fully saturated rings. The highest BCUT2D eigenvalue weighted by Crippen LogP contribution is 2.20. The SMILES string of the molecule is Cc1ccc(NS(=O)(=O)c2cccc(C(=O)N(Cc3nc4ccccc4c(=O)[nH]3)C(C)C)c2)cc1. The highest BCUT2D eigenvalue weighted by molar-refractivity contribution is 7.92. The van der Waals surface area contributed by atoms with E-state index in [-0.39, 0.29) is 34.5 Å². The van der Waals surface area contributed by atoms with Crippen LogP contribution >= 0.6 is 0 Å². The van der Waals surface area contributed by atoms with Gasteiger partial charge < -0.3 is 9.88 Å². The first kappa shape index (κ1) is 24.2. The maximum Gasteiger partial charge on any atom is 0.261 e. The van der Waals surface area contributed by atoms with E-state index < -0.39 is 10.0 Å². The van der Waals surface area contributed by atoms with Gasteiger partial charge in [-0.25, -0.2) is 13.4 Å². The summed E-state index contributed by atoms with van der Waals surface area (Å²) in [5.74, 6) is -0.0243. The molecule has 0 saturated heterocycles. The lowest BCUT2D eigenvalue weighted by molar-refractivity contribution is 0.0684. The molecular weight excluding hydrogens is 464 g/mol. The van der Waals surface area contributed by atoms with Crippen molar-refractivity contribution in [1.82, 2.24) is 14.9 Å². The lowest BCUT2D eigenvalue weighted by Crippen LogP contribution is -2.37. The molecule has 2 N–H and O–H groups in total. The number of aryl methyl sites for hydroxylation is 1. The summed E-state index contributed by atoms with van der Waals surface area (Å²) in [6, 6.07) is 19.6. The smallest absolute Gasteiger partial charge is 0.261 e. The molecule has 0 atom stereocenters. The van der Waals surface area contributed by atoms with Gasteiger partial charge in [0.15, 0.2) is 0 Å². The second-order valence-corrected chi connectivity index (χ2v) is 10.2. The number of sulfonamides is 1. The summed E-state index contributed by atoms with van der Waals surface area (Å²) < 4.78 is 28.4. The zero-order valence-electron chi connectivity index (χ0n) is 19.6. The first-order chi connectivity index (χ1) is 16.6. The van der Waals surface area contributed by atoms with E-state index in [4.69, 9.17) is 0 Å². The Labute approximate surface area is 203 Å². The zero-order valence-corrected chi connectivity index (χ0v) is 20.5. The third-order valence-corrected chi connectivity index (χ3v) is 6.94. The summed E-state index contributed by atoms with van der Waals surface area (Å²) in [5, 5.41) is 0.470. The number of H-pyrrole nitrogens is 1. The van der Waals surface area contributed by atoms with Gasteiger partial charge in [0, 0.05) is 17.3 Å². The van der Waals surface area contributed by atoms with Crippen molar-refractivity contribution in [2.24, 2.45) is 0 Å². The van der Waals surface area contributed by atoms with Crippen molar-refractivity contribution in [2.75, 3.05) is 4.72 Å². The first-order valence-corrected chi connectivity index (χ1v) is 12.6. The summed E-state index contributed by atoms with van der Waals surface area (Å²) >= 11 is 0. The second kappa shape index (κ2) is 9.71. The molecule has 0 aliphatic rings. The van der Waals surface area contributed by atoms with Gasteiger partial charge in [-0.05, 0) is 63.2 Å². The number of rotatable bonds is 7. The van der Waals surface area contributed by atoms with Crippen LogP contribution in [0, 0.1) is 6.92 Å². The number of nitrogens with one attached hydrogen (secondary N) is 2. The molecule has 0 radical (unpaired) electrons. The van der Waals surface area contributed by atoms with E-state index in [0.717, 1.165) is 5.56 Å². The molecule has 0 aliphatic heterocycles. The van der Waals surface area contributed by atoms with Crippen molar-refractivity contribution in [2.45, 2.75) is 38.3 Å². The van der Waals surface area contributed by atoms with E-state index >= 15 is 0 Å². The molecule has 4 aromatic rings. The molecule has 0 bridgehead atoms. The Morgan fingerprint density at radius 1 is 1.03 bits per heavy atom. The number of anilines is 1. The van der Waals surface area contributed by atoms with E-state index in [1.165, 1.54) is 23.1 Å². The van der Waals surface area contributed by atoms with Gasteiger partial charge in [0.25, 0.3) is 21.5 Å². The number of carbonyl (C=O) groups is 1. The predicted octanol–water partition coefficient (Wildman–Crippen LogP) is 4.08. The Kier molecular flexibility index (Phi) is 6.70. The van der Waals surface area contributed by atoms with E-state index in [1.807, 2.05) is 32.9 Å². The molecule has 9 heteroatoms. The standard InChI is InChI=1S/C26H26N4O4S/c1-17(2)30(16-24-27-23-10-5-4-9-22(23)25(31)28-24)26(32)19-7-6-8-21(15-19)35(33,34)29-20-13-11-18(3)12-14-20/h4-15,17,29H,16H2,1-3H3,(H,27,28,31). The summed E-state index contributed by atoms with van der Waals surface area (Å²) in [5.41, 5.74) is 1.92. The number of amides is 1. The van der Waals surface area contributed by atoms with Gasteiger partial charge in [0.05, 0.1) is 22.3 Å². The minimum atomic E-state index is -3.90. The van der Waals surface area contributed by atoms with Crippen LogP contribution in [-0.4, -0.2) is 35.2 Å².